The van der Waals surface area contributed by atoms with Crippen LogP contribution in [0.1, 0.15) is 46.0 Å². The van der Waals surface area contributed by atoms with E-state index in [4.69, 9.17) is 4.74 Å². The first-order valence-corrected chi connectivity index (χ1v) is 6.85. The third-order valence-corrected chi connectivity index (χ3v) is 2.71. The Hall–Kier alpha value is -0.710. The van der Waals surface area contributed by atoms with Gasteiger partial charge in [0.15, 0.2) is 0 Å². The van der Waals surface area contributed by atoms with Crippen molar-refractivity contribution < 1.29 is 14.3 Å². The largest absolute Gasteiger partial charge is 0.464 e. The lowest BCUT2D eigenvalue weighted by Crippen LogP contribution is -2.43. The molecule has 1 atom stereocenters. The summed E-state index contributed by atoms with van der Waals surface area (Å²) in [4.78, 5) is 22.9. The molecular formula is C12H23NO3S. The van der Waals surface area contributed by atoms with Gasteiger partial charge in [-0.25, -0.2) is 4.79 Å². The van der Waals surface area contributed by atoms with Gasteiger partial charge >= 0.3 is 5.97 Å². The number of nitrogens with one attached hydrogen (secondary N) is 1. The fourth-order valence-electron chi connectivity index (χ4n) is 1.40. The van der Waals surface area contributed by atoms with Gasteiger partial charge in [-0.2, -0.15) is 12.6 Å². The van der Waals surface area contributed by atoms with E-state index in [1.165, 1.54) is 0 Å². The molecule has 0 fully saturated rings. The molecule has 1 N–H and O–H groups in total. The summed E-state index contributed by atoms with van der Waals surface area (Å²) in [5, 5.41) is 2.64. The van der Waals surface area contributed by atoms with E-state index in [0.29, 0.717) is 13.0 Å². The standard InChI is InChI=1S/C12H23NO3S/c1-3-5-6-7-8-11(14)13-10(9-17)12(15)16-4-2/h10,17H,3-9H2,1-2H3,(H,13,14)/t10-/m0/s1. The summed E-state index contributed by atoms with van der Waals surface area (Å²) in [5.41, 5.74) is 0. The molecule has 0 saturated heterocycles. The van der Waals surface area contributed by atoms with Crippen LogP contribution in [0.15, 0.2) is 0 Å². The molecule has 0 radical (unpaired) electrons. The topological polar surface area (TPSA) is 55.4 Å². The summed E-state index contributed by atoms with van der Waals surface area (Å²) in [6.07, 6.45) is 4.66. The molecule has 0 unspecified atom stereocenters. The molecule has 0 rings (SSSR count). The zero-order valence-corrected chi connectivity index (χ0v) is 11.6. The molecule has 0 aromatic heterocycles. The number of ether oxygens (including phenoxy) is 1. The summed E-state index contributed by atoms with van der Waals surface area (Å²) >= 11 is 4.03. The number of carbonyl (C=O) groups excluding carboxylic acids is 2. The van der Waals surface area contributed by atoms with Gasteiger partial charge in [0.2, 0.25) is 5.91 Å². The van der Waals surface area contributed by atoms with Gasteiger partial charge < -0.3 is 10.1 Å². The maximum absolute atomic E-state index is 11.5. The molecule has 0 aliphatic carbocycles. The number of esters is 1. The smallest absolute Gasteiger partial charge is 0.329 e. The van der Waals surface area contributed by atoms with Gasteiger partial charge in [-0.1, -0.05) is 26.2 Å². The highest BCUT2D eigenvalue weighted by atomic mass is 32.1. The van der Waals surface area contributed by atoms with E-state index >= 15 is 0 Å². The van der Waals surface area contributed by atoms with E-state index in [9.17, 15) is 9.59 Å². The van der Waals surface area contributed by atoms with E-state index in [1.54, 1.807) is 6.92 Å². The lowest BCUT2D eigenvalue weighted by Gasteiger charge is -2.14. The van der Waals surface area contributed by atoms with Gasteiger partial charge in [0.05, 0.1) is 6.61 Å². The van der Waals surface area contributed by atoms with Crippen LogP contribution < -0.4 is 5.32 Å². The number of amides is 1. The van der Waals surface area contributed by atoms with Crippen LogP contribution in [-0.2, 0) is 14.3 Å². The summed E-state index contributed by atoms with van der Waals surface area (Å²) in [6, 6.07) is -0.628. The third-order valence-electron chi connectivity index (χ3n) is 2.35. The number of carbonyl (C=O) groups is 2. The molecule has 0 spiro atoms. The van der Waals surface area contributed by atoms with Crippen molar-refractivity contribution in [2.75, 3.05) is 12.4 Å². The van der Waals surface area contributed by atoms with Crippen LogP contribution in [0, 0.1) is 0 Å². The molecule has 1 amide bonds. The van der Waals surface area contributed by atoms with Crippen LogP contribution in [-0.4, -0.2) is 30.3 Å². The van der Waals surface area contributed by atoms with Gasteiger partial charge in [-0.15, -0.1) is 0 Å². The Kier molecular flexibility index (Phi) is 10.0. The molecule has 0 bridgehead atoms. The minimum atomic E-state index is -0.628. The number of unbranched alkanes of at least 4 members (excludes halogenated alkanes) is 3. The fourth-order valence-corrected chi connectivity index (χ4v) is 1.64. The second-order valence-electron chi connectivity index (χ2n) is 3.87. The van der Waals surface area contributed by atoms with Gasteiger partial charge in [-0.3, -0.25) is 4.79 Å². The molecule has 0 heterocycles. The summed E-state index contributed by atoms with van der Waals surface area (Å²) in [6.45, 7) is 4.17. The highest BCUT2D eigenvalue weighted by Gasteiger charge is 2.19. The molecule has 0 saturated carbocycles. The quantitative estimate of drug-likeness (QED) is 0.379. The number of thiol groups is 1. The highest BCUT2D eigenvalue weighted by molar-refractivity contribution is 7.80. The average molecular weight is 261 g/mol. The van der Waals surface area contributed by atoms with Crippen molar-refractivity contribution in [1.29, 1.82) is 0 Å². The molecule has 17 heavy (non-hydrogen) atoms. The normalized spacial score (nSPS) is 11.9. The maximum atomic E-state index is 11.5. The van der Waals surface area contributed by atoms with Crippen molar-refractivity contribution in [3.05, 3.63) is 0 Å². The molecule has 100 valence electrons. The van der Waals surface area contributed by atoms with Crippen molar-refractivity contribution in [2.24, 2.45) is 0 Å². The monoisotopic (exact) mass is 261 g/mol. The van der Waals surface area contributed by atoms with E-state index in [-0.39, 0.29) is 11.7 Å². The van der Waals surface area contributed by atoms with Crippen LogP contribution in [0.2, 0.25) is 0 Å². The number of rotatable bonds is 9. The minimum absolute atomic E-state index is 0.104. The van der Waals surface area contributed by atoms with Crippen molar-refractivity contribution in [2.45, 2.75) is 52.0 Å². The van der Waals surface area contributed by atoms with Crippen LogP contribution >= 0.6 is 12.6 Å². The van der Waals surface area contributed by atoms with Gasteiger partial charge in [0.25, 0.3) is 0 Å². The molecular weight excluding hydrogens is 238 g/mol. The van der Waals surface area contributed by atoms with E-state index in [1.807, 2.05) is 0 Å². The van der Waals surface area contributed by atoms with Crippen molar-refractivity contribution in [3.8, 4) is 0 Å². The van der Waals surface area contributed by atoms with Crippen molar-refractivity contribution in [1.82, 2.24) is 5.32 Å². The molecule has 0 aromatic rings. The van der Waals surface area contributed by atoms with Gasteiger partial charge in [0, 0.05) is 12.2 Å². The maximum Gasteiger partial charge on any atom is 0.329 e. The number of hydrogen-bond donors (Lipinski definition) is 2. The predicted molar refractivity (Wildman–Crippen MR) is 71.2 cm³/mol. The third kappa shape index (κ3) is 8.07. The summed E-state index contributed by atoms with van der Waals surface area (Å²) in [5.74, 6) is -0.253. The molecule has 0 aliphatic heterocycles. The molecule has 4 nitrogen and oxygen atoms in total. The fraction of sp³-hybridized carbons (Fsp3) is 0.833. The summed E-state index contributed by atoms with van der Waals surface area (Å²) in [7, 11) is 0. The van der Waals surface area contributed by atoms with Crippen molar-refractivity contribution >= 4 is 24.5 Å². The molecule has 5 heteroatoms. The van der Waals surface area contributed by atoms with Crippen molar-refractivity contribution in [3.63, 3.8) is 0 Å². The van der Waals surface area contributed by atoms with Crippen LogP contribution in [0.5, 0.6) is 0 Å². The predicted octanol–water partition coefficient (Wildman–Crippen LogP) is 1.93. The zero-order valence-electron chi connectivity index (χ0n) is 10.7. The lowest BCUT2D eigenvalue weighted by atomic mass is 10.1. The number of hydrogen-bond acceptors (Lipinski definition) is 4. The second-order valence-corrected chi connectivity index (χ2v) is 4.23. The lowest BCUT2D eigenvalue weighted by molar-refractivity contribution is -0.146. The Morgan fingerprint density at radius 1 is 1.24 bits per heavy atom. The van der Waals surface area contributed by atoms with Crippen LogP contribution in [0.3, 0.4) is 0 Å². The Bertz CT molecular complexity index is 234. The Morgan fingerprint density at radius 2 is 1.94 bits per heavy atom. The Balaban J connectivity index is 3.85. The first-order valence-electron chi connectivity index (χ1n) is 6.22. The van der Waals surface area contributed by atoms with E-state index < -0.39 is 12.0 Å². The van der Waals surface area contributed by atoms with Crippen LogP contribution in [0.25, 0.3) is 0 Å². The average Bonchev–Trinajstić information content (AvgIpc) is 2.32. The summed E-state index contributed by atoms with van der Waals surface area (Å²) < 4.78 is 4.84. The Labute approximate surface area is 109 Å². The molecule has 0 aliphatic rings. The second kappa shape index (κ2) is 10.4. The first kappa shape index (κ1) is 16.3. The minimum Gasteiger partial charge on any atom is -0.464 e. The van der Waals surface area contributed by atoms with Gasteiger partial charge in [0.1, 0.15) is 6.04 Å². The molecule has 0 aromatic carbocycles. The van der Waals surface area contributed by atoms with Crippen LogP contribution in [0.4, 0.5) is 0 Å². The van der Waals surface area contributed by atoms with E-state index in [2.05, 4.69) is 24.9 Å². The van der Waals surface area contributed by atoms with Gasteiger partial charge in [-0.05, 0) is 13.3 Å². The van der Waals surface area contributed by atoms with E-state index in [0.717, 1.165) is 25.7 Å². The zero-order chi connectivity index (χ0) is 13.1. The Morgan fingerprint density at radius 3 is 2.47 bits per heavy atom. The first-order chi connectivity index (χ1) is 8.15. The highest BCUT2D eigenvalue weighted by Crippen LogP contribution is 2.03. The SMILES string of the molecule is CCCCCCC(=O)N[C@@H](CS)C(=O)OCC.